The van der Waals surface area contributed by atoms with Gasteiger partial charge in [-0.25, -0.2) is 9.97 Å². The van der Waals surface area contributed by atoms with Gasteiger partial charge < -0.3 is 20.3 Å². The van der Waals surface area contributed by atoms with Gasteiger partial charge in [-0.15, -0.1) is 0 Å². The summed E-state index contributed by atoms with van der Waals surface area (Å²) in [6.45, 7) is 6.46. The van der Waals surface area contributed by atoms with Crippen LogP contribution in [0.3, 0.4) is 0 Å². The summed E-state index contributed by atoms with van der Waals surface area (Å²) in [6.07, 6.45) is 7.67. The first-order chi connectivity index (χ1) is 18.4. The standard InChI is InChI=1S/C21H18N4O2.C9H20N2/c1-3-27-19-7-6-15-4-5-16(21-23-9-8-17(13-26)25-21)10-18(15)20(19)24-12-14(2)11-22;1-10-8-4-6-9(7-5-8)11(2)3/h4-10,13,24H,2-3,12H2,1H3;8-10H,4-7H2,1-3H3. The van der Waals surface area contributed by atoms with Crippen molar-refractivity contribution in [3.8, 4) is 23.2 Å². The van der Waals surface area contributed by atoms with E-state index in [1.807, 2.05) is 43.3 Å². The Kier molecular flexibility index (Phi) is 10.8. The van der Waals surface area contributed by atoms with Gasteiger partial charge >= 0.3 is 0 Å². The number of hydrogen-bond donors (Lipinski definition) is 2. The molecule has 0 bridgehead atoms. The van der Waals surface area contributed by atoms with Crippen LogP contribution in [0.5, 0.6) is 5.75 Å². The van der Waals surface area contributed by atoms with E-state index in [1.165, 1.54) is 25.7 Å². The second-order valence-corrected chi connectivity index (χ2v) is 9.56. The number of nitriles is 1. The van der Waals surface area contributed by atoms with Gasteiger partial charge in [0.1, 0.15) is 11.4 Å². The Morgan fingerprint density at radius 1 is 1.21 bits per heavy atom. The molecule has 4 rings (SSSR count). The van der Waals surface area contributed by atoms with Crippen LogP contribution in [-0.2, 0) is 0 Å². The Hall–Kier alpha value is -3.80. The van der Waals surface area contributed by atoms with Gasteiger partial charge in [0.15, 0.2) is 12.1 Å². The molecule has 1 aliphatic carbocycles. The van der Waals surface area contributed by atoms with Crippen LogP contribution in [0.1, 0.15) is 43.1 Å². The minimum absolute atomic E-state index is 0.317. The molecule has 0 saturated heterocycles. The maximum atomic E-state index is 11.0. The van der Waals surface area contributed by atoms with Crippen molar-refractivity contribution in [1.82, 2.24) is 20.2 Å². The second-order valence-electron chi connectivity index (χ2n) is 9.56. The number of carbonyl (C=O) groups is 1. The third-order valence-electron chi connectivity index (χ3n) is 6.81. The fourth-order valence-electron chi connectivity index (χ4n) is 4.59. The van der Waals surface area contributed by atoms with Crippen LogP contribution in [0.2, 0.25) is 0 Å². The fraction of sp³-hybridized carbons (Fsp3) is 0.400. The lowest BCUT2D eigenvalue weighted by atomic mass is 9.91. The molecule has 1 heterocycles. The largest absolute Gasteiger partial charge is 0.492 e. The van der Waals surface area contributed by atoms with Gasteiger partial charge in [-0.3, -0.25) is 4.79 Å². The number of anilines is 1. The zero-order valence-electron chi connectivity index (χ0n) is 22.8. The van der Waals surface area contributed by atoms with Gasteiger partial charge in [-0.05, 0) is 77.3 Å². The maximum Gasteiger partial charge on any atom is 0.168 e. The third kappa shape index (κ3) is 7.60. The van der Waals surface area contributed by atoms with E-state index >= 15 is 0 Å². The van der Waals surface area contributed by atoms with Crippen LogP contribution >= 0.6 is 0 Å². The Bertz CT molecular complexity index is 1280. The molecular weight excluding hydrogens is 476 g/mol. The number of aldehydes is 1. The average Bonchev–Trinajstić information content (AvgIpc) is 2.96. The van der Waals surface area contributed by atoms with Crippen molar-refractivity contribution >= 4 is 22.7 Å². The van der Waals surface area contributed by atoms with Crippen LogP contribution in [-0.4, -0.2) is 67.5 Å². The van der Waals surface area contributed by atoms with Crippen molar-refractivity contribution in [3.63, 3.8) is 0 Å². The van der Waals surface area contributed by atoms with Crippen LogP contribution in [0, 0.1) is 11.3 Å². The van der Waals surface area contributed by atoms with Gasteiger partial charge in [0, 0.05) is 41.3 Å². The Morgan fingerprint density at radius 2 is 1.95 bits per heavy atom. The molecule has 0 unspecified atom stereocenters. The van der Waals surface area contributed by atoms with E-state index in [0.29, 0.717) is 42.3 Å². The molecule has 38 heavy (non-hydrogen) atoms. The lowest BCUT2D eigenvalue weighted by molar-refractivity contribution is 0.111. The molecule has 2 aromatic carbocycles. The molecule has 8 nitrogen and oxygen atoms in total. The van der Waals surface area contributed by atoms with Crippen LogP contribution in [0.25, 0.3) is 22.2 Å². The quantitative estimate of drug-likeness (QED) is 0.301. The number of nitrogens with zero attached hydrogens (tertiary/aromatic N) is 4. The second kappa shape index (κ2) is 14.2. The number of hydrogen-bond acceptors (Lipinski definition) is 8. The molecule has 0 spiro atoms. The molecular formula is C30H38N6O2. The van der Waals surface area contributed by atoms with Gasteiger partial charge in [-0.1, -0.05) is 24.8 Å². The molecule has 1 fully saturated rings. The van der Waals surface area contributed by atoms with Crippen molar-refractivity contribution in [2.24, 2.45) is 0 Å². The zero-order chi connectivity index (χ0) is 27.5. The van der Waals surface area contributed by atoms with E-state index in [4.69, 9.17) is 10.00 Å². The molecule has 1 aliphatic rings. The van der Waals surface area contributed by atoms with Crippen molar-refractivity contribution < 1.29 is 9.53 Å². The average molecular weight is 515 g/mol. The number of fused-ring (bicyclic) bond motifs is 1. The molecule has 0 radical (unpaired) electrons. The summed E-state index contributed by atoms with van der Waals surface area (Å²) in [7, 11) is 6.44. The molecule has 1 aromatic heterocycles. The molecule has 200 valence electrons. The van der Waals surface area contributed by atoms with E-state index in [1.54, 1.807) is 12.3 Å². The van der Waals surface area contributed by atoms with E-state index in [9.17, 15) is 4.79 Å². The summed E-state index contributed by atoms with van der Waals surface area (Å²) in [5, 5.41) is 17.5. The number of aromatic nitrogens is 2. The van der Waals surface area contributed by atoms with E-state index in [0.717, 1.165) is 34.1 Å². The lowest BCUT2D eigenvalue weighted by Crippen LogP contribution is -2.37. The maximum absolute atomic E-state index is 11.0. The summed E-state index contributed by atoms with van der Waals surface area (Å²) in [6, 6.07) is 14.9. The highest BCUT2D eigenvalue weighted by Crippen LogP contribution is 2.35. The Morgan fingerprint density at radius 3 is 2.58 bits per heavy atom. The molecule has 0 aliphatic heterocycles. The lowest BCUT2D eigenvalue weighted by Gasteiger charge is -2.32. The predicted octanol–water partition coefficient (Wildman–Crippen LogP) is 5.08. The summed E-state index contributed by atoms with van der Waals surface area (Å²) in [4.78, 5) is 21.9. The first kappa shape index (κ1) is 28.8. The number of nitrogens with one attached hydrogen (secondary N) is 2. The highest BCUT2D eigenvalue weighted by atomic mass is 16.5. The van der Waals surface area contributed by atoms with E-state index in [-0.39, 0.29) is 0 Å². The highest BCUT2D eigenvalue weighted by molar-refractivity contribution is 5.99. The Labute approximate surface area is 225 Å². The highest BCUT2D eigenvalue weighted by Gasteiger charge is 2.20. The molecule has 3 aromatic rings. The van der Waals surface area contributed by atoms with Crippen molar-refractivity contribution in [3.05, 3.63) is 60.4 Å². The topological polar surface area (TPSA) is 103 Å². The SMILES string of the molecule is C=C(C#N)CNc1c(OCC)ccc2ccc(-c3nccc(C=O)n3)cc12.CNC1CCC(N(C)C)CC1. The van der Waals surface area contributed by atoms with Gasteiger partial charge in [0.25, 0.3) is 0 Å². The molecule has 0 amide bonds. The van der Waals surface area contributed by atoms with E-state index < -0.39 is 0 Å². The van der Waals surface area contributed by atoms with Crippen molar-refractivity contribution in [2.45, 2.75) is 44.7 Å². The number of rotatable bonds is 9. The number of ether oxygens (including phenoxy) is 1. The fourth-order valence-corrected chi connectivity index (χ4v) is 4.59. The van der Waals surface area contributed by atoms with E-state index in [2.05, 4.69) is 53.2 Å². The monoisotopic (exact) mass is 514 g/mol. The molecule has 2 N–H and O–H groups in total. The summed E-state index contributed by atoms with van der Waals surface area (Å²) < 4.78 is 5.74. The summed E-state index contributed by atoms with van der Waals surface area (Å²) in [5.41, 5.74) is 2.31. The number of carbonyl (C=O) groups excluding carboxylic acids is 1. The molecule has 0 atom stereocenters. The molecule has 8 heteroatoms. The summed E-state index contributed by atoms with van der Waals surface area (Å²) in [5.74, 6) is 1.16. The summed E-state index contributed by atoms with van der Waals surface area (Å²) >= 11 is 0. The molecule has 1 saturated carbocycles. The zero-order valence-corrected chi connectivity index (χ0v) is 22.8. The van der Waals surface area contributed by atoms with Gasteiger partial charge in [0.05, 0.1) is 18.4 Å². The Balaban J connectivity index is 0.000000304. The predicted molar refractivity (Wildman–Crippen MR) is 154 cm³/mol. The first-order valence-corrected chi connectivity index (χ1v) is 13.0. The smallest absolute Gasteiger partial charge is 0.168 e. The van der Waals surface area contributed by atoms with Crippen LogP contribution < -0.4 is 15.4 Å². The minimum Gasteiger partial charge on any atom is -0.492 e. The van der Waals surface area contributed by atoms with Gasteiger partial charge in [0.2, 0.25) is 0 Å². The minimum atomic E-state index is 0.317. The van der Waals surface area contributed by atoms with Crippen LogP contribution in [0.15, 0.2) is 54.7 Å². The first-order valence-electron chi connectivity index (χ1n) is 13.0. The van der Waals surface area contributed by atoms with Crippen LogP contribution in [0.4, 0.5) is 5.69 Å². The van der Waals surface area contributed by atoms with Crippen molar-refractivity contribution in [1.29, 1.82) is 5.26 Å². The van der Waals surface area contributed by atoms with Gasteiger partial charge in [-0.2, -0.15) is 5.26 Å². The normalized spacial score (nSPS) is 16.7. The third-order valence-corrected chi connectivity index (χ3v) is 6.81. The van der Waals surface area contributed by atoms with Crippen molar-refractivity contribution in [2.75, 3.05) is 39.6 Å². The number of benzene rings is 2.